The highest BCUT2D eigenvalue weighted by Crippen LogP contribution is 2.27. The zero-order chi connectivity index (χ0) is 12.3. The summed E-state index contributed by atoms with van der Waals surface area (Å²) in [5, 5.41) is 0.564. The molecular formula is C12H15N3OS. The van der Waals surface area contributed by atoms with Crippen LogP contribution in [0.2, 0.25) is 0 Å². The zero-order valence-corrected chi connectivity index (χ0v) is 10.7. The lowest BCUT2D eigenvalue weighted by Crippen LogP contribution is -1.99. The van der Waals surface area contributed by atoms with Gasteiger partial charge >= 0.3 is 0 Å². The predicted molar refractivity (Wildman–Crippen MR) is 68.4 cm³/mol. The molecule has 2 N–H and O–H groups in total. The molecule has 4 nitrogen and oxygen atoms in total. The molecule has 17 heavy (non-hydrogen) atoms. The maximum Gasteiger partial charge on any atom is 0.298 e. The molecule has 0 fully saturated rings. The second-order valence-corrected chi connectivity index (χ2v) is 4.70. The van der Waals surface area contributed by atoms with E-state index in [0.29, 0.717) is 17.7 Å². The first kappa shape index (κ1) is 12.0. The fourth-order valence-corrected chi connectivity index (χ4v) is 2.05. The minimum absolute atomic E-state index is 0.313. The molecule has 0 amide bonds. The summed E-state index contributed by atoms with van der Waals surface area (Å²) >= 11 is 1.27. The second kappa shape index (κ2) is 5.25. The molecule has 0 unspecified atom stereocenters. The van der Waals surface area contributed by atoms with Gasteiger partial charge in [0.15, 0.2) is 0 Å². The summed E-state index contributed by atoms with van der Waals surface area (Å²) in [6, 6.07) is 7.69. The number of hydrogen-bond acceptors (Lipinski definition) is 5. The van der Waals surface area contributed by atoms with Crippen molar-refractivity contribution in [3.05, 3.63) is 35.7 Å². The molecule has 1 aromatic carbocycles. The number of ether oxygens (including phenoxy) is 1. The van der Waals surface area contributed by atoms with E-state index < -0.39 is 0 Å². The summed E-state index contributed by atoms with van der Waals surface area (Å²) in [5.41, 5.74) is 6.61. The number of rotatable bonds is 4. The number of benzene rings is 1. The molecule has 0 aliphatic heterocycles. The van der Waals surface area contributed by atoms with Gasteiger partial charge < -0.3 is 10.5 Å². The Bertz CT molecular complexity index is 496. The smallest absolute Gasteiger partial charge is 0.298 e. The van der Waals surface area contributed by atoms with Crippen LogP contribution in [0.1, 0.15) is 31.2 Å². The molecule has 0 aliphatic carbocycles. The lowest BCUT2D eigenvalue weighted by molar-refractivity contribution is 0.470. The normalized spacial score (nSPS) is 10.8. The van der Waals surface area contributed by atoms with Crippen molar-refractivity contribution in [3.63, 3.8) is 0 Å². The van der Waals surface area contributed by atoms with Gasteiger partial charge in [0.25, 0.3) is 5.19 Å². The number of para-hydroxylation sites is 1. The Balaban J connectivity index is 2.19. The van der Waals surface area contributed by atoms with Crippen LogP contribution in [0.25, 0.3) is 0 Å². The minimum Gasteiger partial charge on any atom is -0.430 e. The average Bonchev–Trinajstić information content (AvgIpc) is 2.78. The highest BCUT2D eigenvalue weighted by Gasteiger charge is 2.10. The monoisotopic (exact) mass is 249 g/mol. The summed E-state index contributed by atoms with van der Waals surface area (Å²) in [7, 11) is 0. The highest BCUT2D eigenvalue weighted by atomic mass is 32.1. The third-order valence-corrected chi connectivity index (χ3v) is 2.94. The average molecular weight is 249 g/mol. The van der Waals surface area contributed by atoms with Gasteiger partial charge in [0.05, 0.1) is 0 Å². The Kier molecular flexibility index (Phi) is 3.71. The van der Waals surface area contributed by atoms with E-state index >= 15 is 0 Å². The van der Waals surface area contributed by atoms with Crippen LogP contribution in [0.4, 0.5) is 0 Å². The van der Waals surface area contributed by atoms with E-state index in [0.717, 1.165) is 17.1 Å². The Hall–Kier alpha value is -1.46. The first-order valence-electron chi connectivity index (χ1n) is 5.50. The highest BCUT2D eigenvalue weighted by molar-refractivity contribution is 7.07. The van der Waals surface area contributed by atoms with Crippen LogP contribution in [0, 0.1) is 0 Å². The topological polar surface area (TPSA) is 61.0 Å². The van der Waals surface area contributed by atoms with Crippen LogP contribution in [-0.2, 0) is 6.54 Å². The summed E-state index contributed by atoms with van der Waals surface area (Å²) in [5.74, 6) is 1.88. The standard InChI is InChI=1S/C12H15N3OS/c1-8(2)11-14-12(17-15-11)16-10-6-4-3-5-9(10)7-13/h3-6,8H,7,13H2,1-2H3. The Morgan fingerprint density at radius 3 is 2.76 bits per heavy atom. The van der Waals surface area contributed by atoms with E-state index in [1.54, 1.807) is 0 Å². The first-order chi connectivity index (χ1) is 8.20. The molecule has 0 bridgehead atoms. The van der Waals surface area contributed by atoms with Crippen molar-refractivity contribution >= 4 is 11.5 Å². The van der Waals surface area contributed by atoms with Crippen molar-refractivity contribution in [1.82, 2.24) is 9.36 Å². The summed E-state index contributed by atoms with van der Waals surface area (Å²) in [4.78, 5) is 4.32. The van der Waals surface area contributed by atoms with Crippen molar-refractivity contribution in [2.24, 2.45) is 5.73 Å². The van der Waals surface area contributed by atoms with E-state index in [2.05, 4.69) is 23.2 Å². The molecule has 0 saturated heterocycles. The second-order valence-electron chi connectivity index (χ2n) is 3.99. The van der Waals surface area contributed by atoms with Crippen LogP contribution in [0.15, 0.2) is 24.3 Å². The van der Waals surface area contributed by atoms with Crippen LogP contribution in [-0.4, -0.2) is 9.36 Å². The number of aromatic nitrogens is 2. The zero-order valence-electron chi connectivity index (χ0n) is 9.88. The number of hydrogen-bond donors (Lipinski definition) is 1. The molecule has 1 aromatic heterocycles. The molecule has 2 rings (SSSR count). The lowest BCUT2D eigenvalue weighted by atomic mass is 10.2. The molecule has 5 heteroatoms. The molecule has 0 saturated carbocycles. The van der Waals surface area contributed by atoms with Gasteiger partial charge in [0, 0.05) is 29.6 Å². The van der Waals surface area contributed by atoms with Crippen molar-refractivity contribution < 1.29 is 4.74 Å². The third-order valence-electron chi connectivity index (χ3n) is 2.33. The van der Waals surface area contributed by atoms with E-state index in [-0.39, 0.29) is 0 Å². The molecule has 2 aromatic rings. The van der Waals surface area contributed by atoms with Crippen molar-refractivity contribution in [2.45, 2.75) is 26.3 Å². The van der Waals surface area contributed by atoms with E-state index in [1.165, 1.54) is 11.5 Å². The number of nitrogens with zero attached hydrogens (tertiary/aromatic N) is 2. The lowest BCUT2D eigenvalue weighted by Gasteiger charge is -2.05. The maximum atomic E-state index is 5.70. The molecule has 0 atom stereocenters. The van der Waals surface area contributed by atoms with Crippen LogP contribution in [0.3, 0.4) is 0 Å². The van der Waals surface area contributed by atoms with E-state index in [9.17, 15) is 0 Å². The van der Waals surface area contributed by atoms with Crippen LogP contribution < -0.4 is 10.5 Å². The Labute approximate surface area is 105 Å². The fourth-order valence-electron chi connectivity index (χ4n) is 1.36. The summed E-state index contributed by atoms with van der Waals surface area (Å²) < 4.78 is 9.94. The minimum atomic E-state index is 0.313. The number of nitrogens with two attached hydrogens (primary N) is 1. The summed E-state index contributed by atoms with van der Waals surface area (Å²) in [6.45, 7) is 4.56. The molecule has 90 valence electrons. The molecule has 0 aliphatic rings. The third kappa shape index (κ3) is 2.81. The molecule has 0 radical (unpaired) electrons. The largest absolute Gasteiger partial charge is 0.430 e. The molecular weight excluding hydrogens is 234 g/mol. The van der Waals surface area contributed by atoms with Gasteiger partial charge in [-0.25, -0.2) is 0 Å². The van der Waals surface area contributed by atoms with E-state index in [1.807, 2.05) is 24.3 Å². The maximum absolute atomic E-state index is 5.70. The molecule has 1 heterocycles. The fraction of sp³-hybridized carbons (Fsp3) is 0.333. The van der Waals surface area contributed by atoms with Gasteiger partial charge in [-0.3, -0.25) is 0 Å². The predicted octanol–water partition coefficient (Wildman–Crippen LogP) is 2.91. The quantitative estimate of drug-likeness (QED) is 0.905. The van der Waals surface area contributed by atoms with Crippen molar-refractivity contribution in [3.8, 4) is 10.9 Å². The summed E-state index contributed by atoms with van der Waals surface area (Å²) in [6.07, 6.45) is 0. The molecule has 0 spiro atoms. The van der Waals surface area contributed by atoms with Gasteiger partial charge in [0.2, 0.25) is 0 Å². The van der Waals surface area contributed by atoms with E-state index in [4.69, 9.17) is 10.5 Å². The Morgan fingerprint density at radius 1 is 1.35 bits per heavy atom. The van der Waals surface area contributed by atoms with Crippen molar-refractivity contribution in [1.29, 1.82) is 0 Å². The SMILES string of the molecule is CC(C)c1nsc(Oc2ccccc2CN)n1. The van der Waals surface area contributed by atoms with Crippen LogP contribution >= 0.6 is 11.5 Å². The van der Waals surface area contributed by atoms with Gasteiger partial charge in [-0.05, 0) is 6.07 Å². The van der Waals surface area contributed by atoms with Gasteiger partial charge in [0.1, 0.15) is 11.6 Å². The Morgan fingerprint density at radius 2 is 2.12 bits per heavy atom. The van der Waals surface area contributed by atoms with Crippen molar-refractivity contribution in [2.75, 3.05) is 0 Å². The van der Waals surface area contributed by atoms with Gasteiger partial charge in [-0.1, -0.05) is 32.0 Å². The van der Waals surface area contributed by atoms with Gasteiger partial charge in [-0.2, -0.15) is 9.36 Å². The first-order valence-corrected chi connectivity index (χ1v) is 6.27. The van der Waals surface area contributed by atoms with Gasteiger partial charge in [-0.15, -0.1) is 0 Å². The van der Waals surface area contributed by atoms with Crippen LogP contribution in [0.5, 0.6) is 10.9 Å².